The van der Waals surface area contributed by atoms with Gasteiger partial charge in [0.25, 0.3) is 0 Å². The van der Waals surface area contributed by atoms with Crippen LogP contribution < -0.4 is 5.73 Å². The number of ether oxygens (including phenoxy) is 1. The van der Waals surface area contributed by atoms with Crippen molar-refractivity contribution in [2.45, 2.75) is 45.6 Å². The molecule has 2 aliphatic heterocycles. The SMILES string of the molecule is Cc1ccc(C2OCCCC2CN=C(N)N2CCCC(C)C2)cc1.I. The maximum atomic E-state index is 6.27. The first-order valence-electron chi connectivity index (χ1n) is 9.36. The van der Waals surface area contributed by atoms with Gasteiger partial charge in [0, 0.05) is 32.2 Å². The van der Waals surface area contributed by atoms with Crippen LogP contribution in [0.3, 0.4) is 0 Å². The van der Waals surface area contributed by atoms with Crippen molar-refractivity contribution in [3.63, 3.8) is 0 Å². The van der Waals surface area contributed by atoms with Crippen molar-refractivity contribution in [2.75, 3.05) is 26.2 Å². The highest BCUT2D eigenvalue weighted by Gasteiger charge is 2.27. The Morgan fingerprint density at radius 1 is 1.24 bits per heavy atom. The quantitative estimate of drug-likeness (QED) is 0.422. The van der Waals surface area contributed by atoms with E-state index in [4.69, 9.17) is 15.5 Å². The minimum absolute atomic E-state index is 0. The van der Waals surface area contributed by atoms with Crippen molar-refractivity contribution in [1.29, 1.82) is 0 Å². The van der Waals surface area contributed by atoms with Crippen LogP contribution in [-0.4, -0.2) is 37.1 Å². The van der Waals surface area contributed by atoms with Crippen molar-refractivity contribution >= 4 is 29.9 Å². The molecule has 140 valence electrons. The fourth-order valence-electron chi connectivity index (χ4n) is 3.86. The number of hydrogen-bond acceptors (Lipinski definition) is 2. The van der Waals surface area contributed by atoms with E-state index in [1.807, 2.05) is 0 Å². The number of rotatable bonds is 3. The monoisotopic (exact) mass is 457 g/mol. The molecule has 2 heterocycles. The number of piperidine rings is 1. The van der Waals surface area contributed by atoms with Crippen molar-refractivity contribution < 1.29 is 4.74 Å². The maximum Gasteiger partial charge on any atom is 0.191 e. The largest absolute Gasteiger partial charge is 0.373 e. The average molecular weight is 457 g/mol. The molecule has 2 aliphatic rings. The van der Waals surface area contributed by atoms with E-state index in [2.05, 4.69) is 43.0 Å². The number of halogens is 1. The van der Waals surface area contributed by atoms with Crippen LogP contribution in [0.1, 0.15) is 49.8 Å². The Hall–Kier alpha value is -0.820. The molecule has 0 aromatic heterocycles. The van der Waals surface area contributed by atoms with Gasteiger partial charge in [-0.2, -0.15) is 0 Å². The van der Waals surface area contributed by atoms with Crippen molar-refractivity contribution in [3.8, 4) is 0 Å². The predicted molar refractivity (Wildman–Crippen MR) is 114 cm³/mol. The molecule has 1 aromatic rings. The summed E-state index contributed by atoms with van der Waals surface area (Å²) in [5, 5.41) is 0. The standard InChI is InChI=1S/C20H31N3O.HI/c1-15-7-9-17(10-8-15)19-18(6-4-12-24-19)13-22-20(21)23-11-3-5-16(2)14-23;/h7-10,16,18-19H,3-6,11-14H2,1-2H3,(H2,21,22);1H. The van der Waals surface area contributed by atoms with Crippen molar-refractivity contribution in [2.24, 2.45) is 22.6 Å². The molecule has 0 aliphatic carbocycles. The maximum absolute atomic E-state index is 6.27. The first-order chi connectivity index (χ1) is 11.6. The van der Waals surface area contributed by atoms with Crippen LogP contribution in [0, 0.1) is 18.8 Å². The highest BCUT2D eigenvalue weighted by molar-refractivity contribution is 14.0. The second kappa shape index (κ2) is 9.76. The third kappa shape index (κ3) is 5.58. The summed E-state index contributed by atoms with van der Waals surface area (Å²) in [6.45, 7) is 8.10. The summed E-state index contributed by atoms with van der Waals surface area (Å²) in [6, 6.07) is 8.71. The van der Waals surface area contributed by atoms with Crippen LogP contribution in [0.25, 0.3) is 0 Å². The molecule has 2 N–H and O–H groups in total. The summed E-state index contributed by atoms with van der Waals surface area (Å²) in [7, 11) is 0. The predicted octanol–water partition coefficient (Wildman–Crippen LogP) is 4.13. The lowest BCUT2D eigenvalue weighted by molar-refractivity contribution is -0.0250. The lowest BCUT2D eigenvalue weighted by atomic mass is 9.89. The van der Waals surface area contributed by atoms with Gasteiger partial charge >= 0.3 is 0 Å². The minimum Gasteiger partial charge on any atom is -0.373 e. The number of likely N-dealkylation sites (tertiary alicyclic amines) is 1. The molecule has 25 heavy (non-hydrogen) atoms. The molecule has 0 saturated carbocycles. The molecule has 3 atom stereocenters. The summed E-state index contributed by atoms with van der Waals surface area (Å²) in [6.07, 6.45) is 4.94. The zero-order chi connectivity index (χ0) is 16.9. The van der Waals surface area contributed by atoms with Crippen LogP contribution in [0.15, 0.2) is 29.3 Å². The third-order valence-electron chi connectivity index (χ3n) is 5.32. The second-order valence-electron chi connectivity index (χ2n) is 7.50. The third-order valence-corrected chi connectivity index (χ3v) is 5.32. The normalized spacial score (nSPS) is 27.7. The Bertz CT molecular complexity index is 561. The molecule has 4 nitrogen and oxygen atoms in total. The van der Waals surface area contributed by atoms with Crippen LogP contribution >= 0.6 is 24.0 Å². The van der Waals surface area contributed by atoms with Gasteiger partial charge in [-0.3, -0.25) is 4.99 Å². The van der Waals surface area contributed by atoms with E-state index in [-0.39, 0.29) is 30.1 Å². The zero-order valence-corrected chi connectivity index (χ0v) is 17.8. The summed E-state index contributed by atoms with van der Waals surface area (Å²) < 4.78 is 6.09. The molecule has 2 saturated heterocycles. The Kier molecular flexibility index (Phi) is 8.00. The lowest BCUT2D eigenvalue weighted by Gasteiger charge is -2.33. The van der Waals surface area contributed by atoms with E-state index in [0.717, 1.165) is 45.0 Å². The summed E-state index contributed by atoms with van der Waals surface area (Å²) in [4.78, 5) is 6.99. The van der Waals surface area contributed by atoms with Gasteiger partial charge in [0.15, 0.2) is 5.96 Å². The van der Waals surface area contributed by atoms with Crippen LogP contribution in [0.2, 0.25) is 0 Å². The van der Waals surface area contributed by atoms with Gasteiger partial charge in [0.2, 0.25) is 0 Å². The second-order valence-corrected chi connectivity index (χ2v) is 7.50. The minimum atomic E-state index is 0. The first-order valence-corrected chi connectivity index (χ1v) is 9.36. The van der Waals surface area contributed by atoms with Crippen LogP contribution in [-0.2, 0) is 4.74 Å². The van der Waals surface area contributed by atoms with Gasteiger partial charge in [-0.05, 0) is 44.1 Å². The highest BCUT2D eigenvalue weighted by Crippen LogP contribution is 2.34. The Morgan fingerprint density at radius 3 is 2.72 bits per heavy atom. The summed E-state index contributed by atoms with van der Waals surface area (Å²) in [5.74, 6) is 1.85. The van der Waals surface area contributed by atoms with Gasteiger partial charge < -0.3 is 15.4 Å². The van der Waals surface area contributed by atoms with Gasteiger partial charge in [0.1, 0.15) is 0 Å². The molecule has 5 heteroatoms. The number of aliphatic imine (C=N–C) groups is 1. The fourth-order valence-corrected chi connectivity index (χ4v) is 3.86. The highest BCUT2D eigenvalue weighted by atomic mass is 127. The van der Waals surface area contributed by atoms with E-state index in [0.29, 0.717) is 11.8 Å². The number of nitrogens with zero attached hydrogens (tertiary/aromatic N) is 2. The van der Waals surface area contributed by atoms with Gasteiger partial charge in [-0.25, -0.2) is 0 Å². The molecular weight excluding hydrogens is 425 g/mol. The number of aryl methyl sites for hydroxylation is 1. The number of nitrogens with two attached hydrogens (primary N) is 1. The fraction of sp³-hybridized carbons (Fsp3) is 0.650. The molecule has 3 rings (SSSR count). The lowest BCUT2D eigenvalue weighted by Crippen LogP contribution is -2.43. The molecular formula is C20H32IN3O. The van der Waals surface area contributed by atoms with E-state index in [1.54, 1.807) is 0 Å². The van der Waals surface area contributed by atoms with Crippen molar-refractivity contribution in [1.82, 2.24) is 4.90 Å². The smallest absolute Gasteiger partial charge is 0.191 e. The van der Waals surface area contributed by atoms with Crippen LogP contribution in [0.5, 0.6) is 0 Å². The van der Waals surface area contributed by atoms with Gasteiger partial charge in [0.05, 0.1) is 6.10 Å². The van der Waals surface area contributed by atoms with E-state index >= 15 is 0 Å². The number of guanidine groups is 1. The molecule has 1 aromatic carbocycles. The molecule has 3 unspecified atom stereocenters. The topological polar surface area (TPSA) is 50.9 Å². The van der Waals surface area contributed by atoms with Crippen LogP contribution in [0.4, 0.5) is 0 Å². The molecule has 0 spiro atoms. The molecule has 2 fully saturated rings. The van der Waals surface area contributed by atoms with Gasteiger partial charge in [-0.1, -0.05) is 36.8 Å². The van der Waals surface area contributed by atoms with E-state index in [9.17, 15) is 0 Å². The summed E-state index contributed by atoms with van der Waals surface area (Å²) >= 11 is 0. The molecule has 0 bridgehead atoms. The number of hydrogen-bond donors (Lipinski definition) is 1. The molecule has 0 amide bonds. The molecule has 0 radical (unpaired) electrons. The van der Waals surface area contributed by atoms with Gasteiger partial charge in [-0.15, -0.1) is 24.0 Å². The Balaban J connectivity index is 0.00000225. The van der Waals surface area contributed by atoms with E-state index < -0.39 is 0 Å². The Labute approximate surface area is 169 Å². The van der Waals surface area contributed by atoms with E-state index in [1.165, 1.54) is 24.0 Å². The average Bonchev–Trinajstić information content (AvgIpc) is 2.61. The van der Waals surface area contributed by atoms with Crippen molar-refractivity contribution in [3.05, 3.63) is 35.4 Å². The summed E-state index contributed by atoms with van der Waals surface area (Å²) in [5.41, 5.74) is 8.82. The Morgan fingerprint density at radius 2 is 2.00 bits per heavy atom. The zero-order valence-electron chi connectivity index (χ0n) is 15.5. The number of benzene rings is 1. The first kappa shape index (κ1) is 20.5.